The van der Waals surface area contributed by atoms with Crippen LogP contribution in [0.1, 0.15) is 37.5 Å². The molecule has 0 radical (unpaired) electrons. The molecule has 0 amide bonds. The van der Waals surface area contributed by atoms with Crippen LogP contribution in [0, 0.1) is 25.2 Å². The van der Waals surface area contributed by atoms with Crippen molar-refractivity contribution in [1.82, 2.24) is 0 Å². The van der Waals surface area contributed by atoms with Crippen LogP contribution >= 0.6 is 0 Å². The van der Waals surface area contributed by atoms with Gasteiger partial charge in [-0.05, 0) is 54.8 Å². The molecule has 16 heavy (non-hydrogen) atoms. The second-order valence-corrected chi connectivity index (χ2v) is 5.87. The largest absolute Gasteiger partial charge is 0.330 e. The molecule has 0 aliphatic heterocycles. The van der Waals surface area contributed by atoms with Crippen LogP contribution in [0.3, 0.4) is 0 Å². The van der Waals surface area contributed by atoms with Crippen LogP contribution in [0.25, 0.3) is 0 Å². The van der Waals surface area contributed by atoms with E-state index < -0.39 is 0 Å². The summed E-state index contributed by atoms with van der Waals surface area (Å²) in [6, 6.07) is 6.51. The van der Waals surface area contributed by atoms with Crippen molar-refractivity contribution in [2.24, 2.45) is 17.1 Å². The van der Waals surface area contributed by atoms with Crippen LogP contribution in [0.5, 0.6) is 0 Å². The van der Waals surface area contributed by atoms with E-state index in [1.807, 2.05) is 0 Å². The third kappa shape index (κ3) is 3.08. The Kier molecular flexibility index (Phi) is 4.15. The third-order valence-corrected chi connectivity index (χ3v) is 3.60. The molecule has 1 rings (SSSR count). The Labute approximate surface area is 100 Å². The average molecular weight is 219 g/mol. The summed E-state index contributed by atoms with van der Waals surface area (Å²) < 4.78 is 0. The summed E-state index contributed by atoms with van der Waals surface area (Å²) in [5.41, 5.74) is 10.5. The molecule has 1 heteroatoms. The van der Waals surface area contributed by atoms with Crippen LogP contribution < -0.4 is 5.73 Å². The molecule has 0 bridgehead atoms. The summed E-state index contributed by atoms with van der Waals surface area (Å²) in [7, 11) is 0. The zero-order chi connectivity index (χ0) is 12.3. The van der Waals surface area contributed by atoms with Crippen molar-refractivity contribution in [3.63, 3.8) is 0 Å². The lowest BCUT2D eigenvalue weighted by molar-refractivity contribution is 0.245. The Morgan fingerprint density at radius 2 is 1.62 bits per heavy atom. The molecular formula is C15H25N. The molecule has 1 atom stereocenters. The first-order valence-electron chi connectivity index (χ1n) is 6.11. The molecule has 0 heterocycles. The van der Waals surface area contributed by atoms with Crippen molar-refractivity contribution in [1.29, 1.82) is 0 Å². The van der Waals surface area contributed by atoms with Crippen molar-refractivity contribution < 1.29 is 0 Å². The minimum atomic E-state index is 0.281. The Bertz CT molecular complexity index is 327. The van der Waals surface area contributed by atoms with Gasteiger partial charge in [-0.1, -0.05) is 39.0 Å². The highest BCUT2D eigenvalue weighted by atomic mass is 14.6. The van der Waals surface area contributed by atoms with E-state index in [2.05, 4.69) is 52.8 Å². The van der Waals surface area contributed by atoms with E-state index in [-0.39, 0.29) is 5.41 Å². The second-order valence-electron chi connectivity index (χ2n) is 5.87. The van der Waals surface area contributed by atoms with E-state index in [0.29, 0.717) is 5.92 Å². The summed E-state index contributed by atoms with van der Waals surface area (Å²) in [5, 5.41) is 0. The number of hydrogen-bond acceptors (Lipinski definition) is 1. The molecule has 0 aliphatic carbocycles. The minimum absolute atomic E-state index is 0.281. The van der Waals surface area contributed by atoms with E-state index in [0.717, 1.165) is 13.0 Å². The van der Waals surface area contributed by atoms with Crippen molar-refractivity contribution in [3.05, 3.63) is 34.9 Å². The highest BCUT2D eigenvalue weighted by Crippen LogP contribution is 2.30. The van der Waals surface area contributed by atoms with Gasteiger partial charge in [0.1, 0.15) is 0 Å². The molecule has 1 aromatic rings. The molecule has 1 aromatic carbocycles. The first-order chi connectivity index (χ1) is 7.36. The van der Waals surface area contributed by atoms with E-state index in [1.54, 1.807) is 0 Å². The fourth-order valence-electron chi connectivity index (χ4n) is 2.16. The van der Waals surface area contributed by atoms with Gasteiger partial charge in [0.15, 0.2) is 0 Å². The Morgan fingerprint density at radius 3 is 2.00 bits per heavy atom. The number of aryl methyl sites for hydroxylation is 2. The Morgan fingerprint density at radius 1 is 1.12 bits per heavy atom. The first-order valence-corrected chi connectivity index (χ1v) is 6.11. The summed E-state index contributed by atoms with van der Waals surface area (Å²) in [6.45, 7) is 12.0. The topological polar surface area (TPSA) is 26.0 Å². The lowest BCUT2D eigenvalue weighted by Crippen LogP contribution is -2.30. The summed E-state index contributed by atoms with van der Waals surface area (Å²) in [4.78, 5) is 0. The van der Waals surface area contributed by atoms with Gasteiger partial charge in [-0.25, -0.2) is 0 Å². The molecule has 1 unspecified atom stereocenters. The predicted molar refractivity (Wildman–Crippen MR) is 71.6 cm³/mol. The highest BCUT2D eigenvalue weighted by Gasteiger charge is 2.24. The Balaban J connectivity index is 2.95. The third-order valence-electron chi connectivity index (χ3n) is 3.60. The highest BCUT2D eigenvalue weighted by molar-refractivity contribution is 5.34. The first kappa shape index (κ1) is 13.2. The van der Waals surface area contributed by atoms with Gasteiger partial charge in [0.2, 0.25) is 0 Å². The van der Waals surface area contributed by atoms with Crippen LogP contribution in [0.4, 0.5) is 0 Å². The molecule has 90 valence electrons. The molecule has 2 N–H and O–H groups in total. The molecule has 0 spiro atoms. The van der Waals surface area contributed by atoms with Gasteiger partial charge < -0.3 is 5.73 Å². The number of nitrogens with two attached hydrogens (primary N) is 1. The molecule has 0 aliphatic rings. The lowest BCUT2D eigenvalue weighted by atomic mass is 9.76. The summed E-state index contributed by atoms with van der Waals surface area (Å²) >= 11 is 0. The van der Waals surface area contributed by atoms with E-state index in [1.165, 1.54) is 16.7 Å². The van der Waals surface area contributed by atoms with Crippen molar-refractivity contribution in [2.75, 3.05) is 6.54 Å². The van der Waals surface area contributed by atoms with Gasteiger partial charge in [0.25, 0.3) is 0 Å². The fraction of sp³-hybridized carbons (Fsp3) is 0.600. The van der Waals surface area contributed by atoms with Gasteiger partial charge in [0.05, 0.1) is 0 Å². The molecule has 0 saturated carbocycles. The van der Waals surface area contributed by atoms with E-state index >= 15 is 0 Å². The Hall–Kier alpha value is -0.820. The van der Waals surface area contributed by atoms with Crippen LogP contribution in [0.2, 0.25) is 0 Å². The maximum atomic E-state index is 5.91. The zero-order valence-electron chi connectivity index (χ0n) is 11.3. The SMILES string of the molecule is Cc1cccc(C)c1CC(CN)C(C)(C)C. The second kappa shape index (κ2) is 5.01. The van der Waals surface area contributed by atoms with Crippen LogP contribution in [-0.2, 0) is 6.42 Å². The smallest absolute Gasteiger partial charge is 0.00407 e. The van der Waals surface area contributed by atoms with Gasteiger partial charge in [-0.2, -0.15) is 0 Å². The van der Waals surface area contributed by atoms with Crippen molar-refractivity contribution in [2.45, 2.75) is 41.0 Å². The van der Waals surface area contributed by atoms with Gasteiger partial charge in [-0.15, -0.1) is 0 Å². The van der Waals surface area contributed by atoms with Crippen LogP contribution in [0.15, 0.2) is 18.2 Å². The average Bonchev–Trinajstić information content (AvgIpc) is 2.15. The van der Waals surface area contributed by atoms with Gasteiger partial charge in [0, 0.05) is 0 Å². The zero-order valence-corrected chi connectivity index (χ0v) is 11.3. The molecule has 0 fully saturated rings. The quantitative estimate of drug-likeness (QED) is 0.827. The van der Waals surface area contributed by atoms with Gasteiger partial charge in [-0.3, -0.25) is 0 Å². The minimum Gasteiger partial charge on any atom is -0.330 e. The number of hydrogen-bond donors (Lipinski definition) is 1. The van der Waals surface area contributed by atoms with Crippen molar-refractivity contribution in [3.8, 4) is 0 Å². The van der Waals surface area contributed by atoms with Gasteiger partial charge >= 0.3 is 0 Å². The maximum Gasteiger partial charge on any atom is -0.00407 e. The van der Waals surface area contributed by atoms with Crippen molar-refractivity contribution >= 4 is 0 Å². The molecular weight excluding hydrogens is 194 g/mol. The molecule has 1 nitrogen and oxygen atoms in total. The lowest BCUT2D eigenvalue weighted by Gasteiger charge is -2.30. The summed E-state index contributed by atoms with van der Waals surface area (Å²) in [5.74, 6) is 0.548. The predicted octanol–water partition coefficient (Wildman–Crippen LogP) is 3.47. The number of benzene rings is 1. The van der Waals surface area contributed by atoms with E-state index in [4.69, 9.17) is 5.73 Å². The fourth-order valence-corrected chi connectivity index (χ4v) is 2.16. The van der Waals surface area contributed by atoms with Crippen LogP contribution in [-0.4, -0.2) is 6.54 Å². The number of rotatable bonds is 3. The standard InChI is InChI=1S/C15H25N/c1-11-7-6-8-12(2)14(11)9-13(10-16)15(3,4)5/h6-8,13H,9-10,16H2,1-5H3. The molecule has 0 aromatic heterocycles. The normalized spacial score (nSPS) is 13.9. The monoisotopic (exact) mass is 219 g/mol. The van der Waals surface area contributed by atoms with E-state index in [9.17, 15) is 0 Å². The maximum absolute atomic E-state index is 5.91. The summed E-state index contributed by atoms with van der Waals surface area (Å²) in [6.07, 6.45) is 1.10. The molecule has 0 saturated heterocycles.